The summed E-state index contributed by atoms with van der Waals surface area (Å²) in [4.78, 5) is 10.7. The molecule has 1 aliphatic heterocycles. The molecule has 1 aliphatic rings. The zero-order valence-corrected chi connectivity index (χ0v) is 13.4. The van der Waals surface area contributed by atoms with Crippen LogP contribution in [0.2, 0.25) is 0 Å². The van der Waals surface area contributed by atoms with Crippen molar-refractivity contribution < 1.29 is 14.2 Å². The van der Waals surface area contributed by atoms with Gasteiger partial charge in [0.2, 0.25) is 0 Å². The highest BCUT2D eigenvalue weighted by atomic mass is 19.1. The molecule has 1 fully saturated rings. The Morgan fingerprint density at radius 1 is 1.21 bits per heavy atom. The average molecular weight is 332 g/mol. The summed E-state index contributed by atoms with van der Waals surface area (Å²) in [6, 6.07) is 7.59. The van der Waals surface area contributed by atoms with Crippen molar-refractivity contribution in [2.45, 2.75) is 18.9 Å². The summed E-state index contributed by atoms with van der Waals surface area (Å²) in [5.74, 6) is 1.78. The third-order valence-electron chi connectivity index (χ3n) is 3.86. The molecule has 0 aliphatic carbocycles. The number of hydrogen-bond acceptors (Lipinski definition) is 6. The maximum absolute atomic E-state index is 12.8. The van der Waals surface area contributed by atoms with E-state index < -0.39 is 6.10 Å². The van der Waals surface area contributed by atoms with Crippen LogP contribution >= 0.6 is 0 Å². The summed E-state index contributed by atoms with van der Waals surface area (Å²) in [6.45, 7) is 2.45. The molecule has 2 aromatic rings. The summed E-state index contributed by atoms with van der Waals surface area (Å²) in [6.07, 6.45) is 3.19. The summed E-state index contributed by atoms with van der Waals surface area (Å²) in [7, 11) is 0. The molecule has 1 saturated heterocycles. The molecule has 0 spiro atoms. The van der Waals surface area contributed by atoms with Gasteiger partial charge in [0.15, 0.2) is 0 Å². The molecule has 2 heterocycles. The number of benzene rings is 1. The number of nitrogens with zero attached hydrogens (tertiary/aromatic N) is 3. The Balaban J connectivity index is 1.46. The van der Waals surface area contributed by atoms with Crippen molar-refractivity contribution >= 4 is 11.6 Å². The maximum atomic E-state index is 12.8. The molecule has 2 N–H and O–H groups in total. The summed E-state index contributed by atoms with van der Waals surface area (Å²) >= 11 is 0. The van der Waals surface area contributed by atoms with Crippen LogP contribution in [0.15, 0.2) is 36.7 Å². The minimum absolute atomic E-state index is 0.114. The normalized spacial score (nSPS) is 15.3. The largest absolute Gasteiger partial charge is 0.491 e. The highest BCUT2D eigenvalue weighted by Crippen LogP contribution is 2.19. The molecule has 6 nitrogen and oxygen atoms in total. The fraction of sp³-hybridized carbons (Fsp3) is 0.412. The molecular formula is C17H21FN4O2. The van der Waals surface area contributed by atoms with E-state index in [1.54, 1.807) is 0 Å². The van der Waals surface area contributed by atoms with E-state index in [1.165, 1.54) is 43.4 Å². The molecule has 0 amide bonds. The van der Waals surface area contributed by atoms with Gasteiger partial charge in [0, 0.05) is 25.7 Å². The Hall–Kier alpha value is -2.41. The molecule has 128 valence electrons. The number of rotatable bonds is 7. The number of aliphatic hydroxyl groups excluding tert-OH is 1. The van der Waals surface area contributed by atoms with Crippen LogP contribution in [0, 0.1) is 5.82 Å². The third kappa shape index (κ3) is 4.55. The fourth-order valence-electron chi connectivity index (χ4n) is 2.57. The molecule has 0 saturated carbocycles. The van der Waals surface area contributed by atoms with Crippen LogP contribution in [0.1, 0.15) is 12.8 Å². The van der Waals surface area contributed by atoms with Gasteiger partial charge in [0.1, 0.15) is 42.2 Å². The number of halogens is 1. The predicted octanol–water partition coefficient (Wildman–Crippen LogP) is 2.07. The van der Waals surface area contributed by atoms with Gasteiger partial charge in [-0.3, -0.25) is 0 Å². The summed E-state index contributed by atoms with van der Waals surface area (Å²) in [5, 5.41) is 13.1. The van der Waals surface area contributed by atoms with E-state index in [0.717, 1.165) is 18.9 Å². The van der Waals surface area contributed by atoms with Crippen LogP contribution in [-0.2, 0) is 0 Å². The predicted molar refractivity (Wildman–Crippen MR) is 89.9 cm³/mol. The molecule has 0 bridgehead atoms. The van der Waals surface area contributed by atoms with Crippen molar-refractivity contribution in [3.63, 3.8) is 0 Å². The van der Waals surface area contributed by atoms with Gasteiger partial charge in [0.25, 0.3) is 0 Å². The molecule has 1 atom stereocenters. The second-order valence-corrected chi connectivity index (χ2v) is 5.76. The minimum Gasteiger partial charge on any atom is -0.491 e. The first-order valence-corrected chi connectivity index (χ1v) is 8.08. The van der Waals surface area contributed by atoms with Gasteiger partial charge in [-0.15, -0.1) is 0 Å². The molecule has 24 heavy (non-hydrogen) atoms. The molecule has 0 radical (unpaired) electrons. The van der Waals surface area contributed by atoms with E-state index in [2.05, 4.69) is 20.2 Å². The smallest absolute Gasteiger partial charge is 0.134 e. The Kier molecular flexibility index (Phi) is 5.43. The first-order valence-electron chi connectivity index (χ1n) is 8.08. The highest BCUT2D eigenvalue weighted by molar-refractivity contribution is 5.48. The lowest BCUT2D eigenvalue weighted by Crippen LogP contribution is -2.27. The monoisotopic (exact) mass is 332 g/mol. The quantitative estimate of drug-likeness (QED) is 0.809. The van der Waals surface area contributed by atoms with Gasteiger partial charge in [0.05, 0.1) is 0 Å². The van der Waals surface area contributed by atoms with Gasteiger partial charge < -0.3 is 20.1 Å². The number of nitrogens with one attached hydrogen (secondary N) is 1. The van der Waals surface area contributed by atoms with Crippen LogP contribution in [-0.4, -0.2) is 47.4 Å². The Labute approximate surface area is 140 Å². The number of hydrogen-bond donors (Lipinski definition) is 2. The first kappa shape index (κ1) is 16.4. The van der Waals surface area contributed by atoms with E-state index in [9.17, 15) is 9.50 Å². The number of aromatic nitrogens is 2. The molecule has 1 unspecified atom stereocenters. The Morgan fingerprint density at radius 3 is 2.71 bits per heavy atom. The second-order valence-electron chi connectivity index (χ2n) is 5.76. The summed E-state index contributed by atoms with van der Waals surface area (Å²) in [5.41, 5.74) is 0. The third-order valence-corrected chi connectivity index (χ3v) is 3.86. The van der Waals surface area contributed by atoms with E-state index >= 15 is 0 Å². The van der Waals surface area contributed by atoms with Crippen molar-refractivity contribution in [3.8, 4) is 5.75 Å². The van der Waals surface area contributed by atoms with Crippen LogP contribution < -0.4 is 15.0 Å². The second kappa shape index (κ2) is 7.92. The Bertz CT molecular complexity index is 647. The lowest BCUT2D eigenvalue weighted by atomic mass is 10.3. The van der Waals surface area contributed by atoms with Gasteiger partial charge >= 0.3 is 0 Å². The standard InChI is InChI=1S/C17H21FN4O2/c18-13-3-5-15(6-4-13)24-11-14(23)10-19-16-9-17(21-12-20-16)22-7-1-2-8-22/h3-6,9,12,14,23H,1-2,7-8,10-11H2,(H,19,20,21). The molecular weight excluding hydrogens is 311 g/mol. The van der Waals surface area contributed by atoms with Crippen LogP contribution in [0.4, 0.5) is 16.0 Å². The topological polar surface area (TPSA) is 70.5 Å². The lowest BCUT2D eigenvalue weighted by Gasteiger charge is -2.17. The van der Waals surface area contributed by atoms with Crippen molar-refractivity contribution in [2.75, 3.05) is 36.5 Å². The van der Waals surface area contributed by atoms with Gasteiger partial charge in [-0.1, -0.05) is 0 Å². The SMILES string of the molecule is OC(CNc1cc(N2CCCC2)ncn1)COc1ccc(F)cc1. The van der Waals surface area contributed by atoms with Crippen LogP contribution in [0.25, 0.3) is 0 Å². The number of anilines is 2. The zero-order valence-electron chi connectivity index (χ0n) is 13.4. The highest BCUT2D eigenvalue weighted by Gasteiger charge is 2.14. The summed E-state index contributed by atoms with van der Waals surface area (Å²) < 4.78 is 18.2. The van der Waals surface area contributed by atoms with Crippen molar-refractivity contribution in [3.05, 3.63) is 42.5 Å². The van der Waals surface area contributed by atoms with Gasteiger partial charge in [-0.05, 0) is 37.1 Å². The minimum atomic E-state index is -0.708. The fourth-order valence-corrected chi connectivity index (χ4v) is 2.57. The zero-order chi connectivity index (χ0) is 16.8. The van der Waals surface area contributed by atoms with Gasteiger partial charge in [-0.25, -0.2) is 14.4 Å². The molecule has 3 rings (SSSR count). The van der Waals surface area contributed by atoms with Crippen molar-refractivity contribution in [2.24, 2.45) is 0 Å². The van der Waals surface area contributed by atoms with E-state index in [1.807, 2.05) is 6.07 Å². The Morgan fingerprint density at radius 2 is 1.96 bits per heavy atom. The van der Waals surface area contributed by atoms with Crippen LogP contribution in [0.5, 0.6) is 5.75 Å². The van der Waals surface area contributed by atoms with E-state index in [4.69, 9.17) is 4.74 Å². The molecule has 7 heteroatoms. The van der Waals surface area contributed by atoms with Crippen molar-refractivity contribution in [1.82, 2.24) is 9.97 Å². The first-order chi connectivity index (χ1) is 11.7. The van der Waals surface area contributed by atoms with E-state index in [0.29, 0.717) is 18.1 Å². The average Bonchev–Trinajstić information content (AvgIpc) is 3.14. The maximum Gasteiger partial charge on any atom is 0.134 e. The number of ether oxygens (including phenoxy) is 1. The lowest BCUT2D eigenvalue weighted by molar-refractivity contribution is 0.117. The van der Waals surface area contributed by atoms with Crippen LogP contribution in [0.3, 0.4) is 0 Å². The van der Waals surface area contributed by atoms with Crippen molar-refractivity contribution in [1.29, 1.82) is 0 Å². The number of aliphatic hydroxyl groups is 1. The molecule has 1 aromatic heterocycles. The van der Waals surface area contributed by atoms with E-state index in [-0.39, 0.29) is 12.4 Å². The van der Waals surface area contributed by atoms with Gasteiger partial charge in [-0.2, -0.15) is 0 Å². The molecule has 1 aromatic carbocycles.